The minimum absolute atomic E-state index is 0.107. The van der Waals surface area contributed by atoms with Crippen LogP contribution in [0.1, 0.15) is 31.4 Å². The molecule has 0 unspecified atom stereocenters. The van der Waals surface area contributed by atoms with Crippen LogP contribution in [0.2, 0.25) is 0 Å². The molecule has 1 atom stereocenters. The third-order valence-corrected chi connectivity index (χ3v) is 6.00. The number of fused-ring (bicyclic) bond motifs is 3. The lowest BCUT2D eigenvalue weighted by molar-refractivity contribution is -0.124. The van der Waals surface area contributed by atoms with Crippen LogP contribution in [0.15, 0.2) is 59.1 Å². The van der Waals surface area contributed by atoms with Crippen molar-refractivity contribution in [3.8, 4) is 0 Å². The number of amides is 1. The molecule has 2 aliphatic rings. The Bertz CT molecular complexity index is 874. The van der Waals surface area contributed by atoms with Crippen LogP contribution in [0.5, 0.6) is 0 Å². The second-order valence-electron chi connectivity index (χ2n) is 7.25. The molecule has 1 fully saturated rings. The summed E-state index contributed by atoms with van der Waals surface area (Å²) in [5.74, 6) is 0.107. The second-order valence-corrected chi connectivity index (χ2v) is 8.16. The number of carbonyl (C=O) groups excluding carboxylic acids is 1. The zero-order valence-corrected chi connectivity index (χ0v) is 16.0. The summed E-state index contributed by atoms with van der Waals surface area (Å²) in [5, 5.41) is 3.30. The lowest BCUT2D eigenvalue weighted by Gasteiger charge is -2.49. The van der Waals surface area contributed by atoms with Crippen molar-refractivity contribution in [2.24, 2.45) is 0 Å². The molecule has 2 aromatic rings. The molecule has 3 nitrogen and oxygen atoms in total. The highest BCUT2D eigenvalue weighted by atomic mass is 79.9. The Morgan fingerprint density at radius 3 is 2.76 bits per heavy atom. The van der Waals surface area contributed by atoms with E-state index < -0.39 is 5.66 Å². The highest BCUT2D eigenvalue weighted by Gasteiger charge is 2.57. The summed E-state index contributed by atoms with van der Waals surface area (Å²) in [6, 6.07) is 16.7. The topological polar surface area (TPSA) is 32.3 Å². The quantitative estimate of drug-likeness (QED) is 0.811. The van der Waals surface area contributed by atoms with Crippen LogP contribution in [0, 0.1) is 0 Å². The van der Waals surface area contributed by atoms with E-state index in [2.05, 4.69) is 88.5 Å². The van der Waals surface area contributed by atoms with Crippen LogP contribution >= 0.6 is 15.9 Å². The lowest BCUT2D eigenvalue weighted by Crippen LogP contribution is -2.68. The monoisotopic (exact) mass is 396 g/mol. The van der Waals surface area contributed by atoms with Crippen molar-refractivity contribution in [3.63, 3.8) is 0 Å². The highest BCUT2D eigenvalue weighted by Crippen LogP contribution is 2.52. The van der Waals surface area contributed by atoms with Gasteiger partial charge >= 0.3 is 0 Å². The number of hydrogen-bond acceptors (Lipinski definition) is 2. The van der Waals surface area contributed by atoms with Gasteiger partial charge < -0.3 is 10.2 Å². The van der Waals surface area contributed by atoms with Crippen molar-refractivity contribution in [1.29, 1.82) is 0 Å². The van der Waals surface area contributed by atoms with Gasteiger partial charge in [-0.05, 0) is 35.4 Å². The van der Waals surface area contributed by atoms with Gasteiger partial charge in [0.15, 0.2) is 0 Å². The van der Waals surface area contributed by atoms with Crippen molar-refractivity contribution in [2.45, 2.75) is 31.3 Å². The molecule has 1 N–H and O–H groups in total. The maximum Gasteiger partial charge on any atom is 0.223 e. The molecule has 4 heteroatoms. The predicted molar refractivity (Wildman–Crippen MR) is 105 cm³/mol. The standard InChI is InChI=1S/C21H21BrN2O/c1-20(2)17-8-3-4-9-18(17)24-13-11-19(25)23-21(20,24)12-10-15-6-5-7-16(22)14-15/h3-10,12,14H,11,13H2,1-2H3,(H,23,25)/b12-10+/t21-/m0/s1. The predicted octanol–water partition coefficient (Wildman–Crippen LogP) is 4.48. The van der Waals surface area contributed by atoms with Crippen molar-refractivity contribution in [1.82, 2.24) is 5.32 Å². The lowest BCUT2D eigenvalue weighted by atomic mass is 9.74. The third-order valence-electron chi connectivity index (χ3n) is 5.50. The fourth-order valence-corrected chi connectivity index (χ4v) is 4.56. The Balaban J connectivity index is 1.85. The first kappa shape index (κ1) is 16.4. The van der Waals surface area contributed by atoms with Crippen LogP contribution in [0.3, 0.4) is 0 Å². The van der Waals surface area contributed by atoms with E-state index in [1.54, 1.807) is 0 Å². The van der Waals surface area contributed by atoms with Crippen LogP contribution < -0.4 is 10.2 Å². The highest BCUT2D eigenvalue weighted by molar-refractivity contribution is 9.10. The number of carbonyl (C=O) groups is 1. The Morgan fingerprint density at radius 1 is 1.16 bits per heavy atom. The van der Waals surface area contributed by atoms with Crippen molar-refractivity contribution >= 4 is 33.6 Å². The van der Waals surface area contributed by atoms with Crippen LogP contribution in [-0.4, -0.2) is 18.1 Å². The van der Waals surface area contributed by atoms with Gasteiger partial charge in [0.25, 0.3) is 0 Å². The van der Waals surface area contributed by atoms with E-state index in [0.717, 1.165) is 16.6 Å². The second kappa shape index (κ2) is 5.73. The fourth-order valence-electron chi connectivity index (χ4n) is 4.15. The number of benzene rings is 2. The Labute approximate surface area is 156 Å². The molecule has 1 amide bonds. The first-order chi connectivity index (χ1) is 11.9. The average molecular weight is 397 g/mol. The number of anilines is 1. The van der Waals surface area contributed by atoms with Crippen molar-refractivity contribution in [3.05, 3.63) is 70.2 Å². The zero-order valence-electron chi connectivity index (χ0n) is 14.4. The van der Waals surface area contributed by atoms with E-state index in [9.17, 15) is 4.79 Å². The van der Waals surface area contributed by atoms with Gasteiger partial charge in [-0.15, -0.1) is 0 Å². The van der Waals surface area contributed by atoms with Crippen LogP contribution in [0.25, 0.3) is 6.08 Å². The van der Waals surface area contributed by atoms with E-state index in [0.29, 0.717) is 6.42 Å². The fraction of sp³-hybridized carbons (Fsp3) is 0.286. The summed E-state index contributed by atoms with van der Waals surface area (Å²) in [4.78, 5) is 14.7. The van der Waals surface area contributed by atoms with Gasteiger partial charge in [0, 0.05) is 28.5 Å². The molecule has 2 aliphatic heterocycles. The van der Waals surface area contributed by atoms with E-state index >= 15 is 0 Å². The molecule has 0 aromatic heterocycles. The van der Waals surface area contributed by atoms with Crippen molar-refractivity contribution in [2.75, 3.05) is 11.4 Å². The van der Waals surface area contributed by atoms with Crippen LogP contribution in [-0.2, 0) is 10.2 Å². The molecule has 0 bridgehead atoms. The summed E-state index contributed by atoms with van der Waals surface area (Å²) in [7, 11) is 0. The SMILES string of the molecule is CC1(C)c2ccccc2N2CCC(=O)N[C@@]21/C=C/c1cccc(Br)c1. The molecule has 2 aromatic carbocycles. The van der Waals surface area contributed by atoms with Gasteiger partial charge in [-0.3, -0.25) is 4.79 Å². The molecule has 0 saturated carbocycles. The summed E-state index contributed by atoms with van der Waals surface area (Å²) in [6.45, 7) is 5.15. The van der Waals surface area contributed by atoms with Gasteiger partial charge in [-0.1, -0.05) is 66.2 Å². The molecule has 4 rings (SSSR count). The average Bonchev–Trinajstić information content (AvgIpc) is 2.78. The number of halogens is 1. The normalized spacial score (nSPS) is 24.1. The first-order valence-electron chi connectivity index (χ1n) is 8.57. The number of para-hydroxylation sites is 1. The van der Waals surface area contributed by atoms with E-state index in [-0.39, 0.29) is 11.3 Å². The van der Waals surface area contributed by atoms with Gasteiger partial charge in [-0.25, -0.2) is 0 Å². The molecule has 1 saturated heterocycles. The van der Waals surface area contributed by atoms with Gasteiger partial charge in [0.2, 0.25) is 5.91 Å². The van der Waals surface area contributed by atoms with E-state index in [4.69, 9.17) is 0 Å². The van der Waals surface area contributed by atoms with Gasteiger partial charge in [0.05, 0.1) is 0 Å². The molecule has 0 radical (unpaired) electrons. The van der Waals surface area contributed by atoms with E-state index in [1.807, 2.05) is 12.1 Å². The largest absolute Gasteiger partial charge is 0.344 e. The minimum Gasteiger partial charge on any atom is -0.344 e. The van der Waals surface area contributed by atoms with Crippen LogP contribution in [0.4, 0.5) is 5.69 Å². The van der Waals surface area contributed by atoms with Gasteiger partial charge in [0.1, 0.15) is 5.66 Å². The van der Waals surface area contributed by atoms with Gasteiger partial charge in [-0.2, -0.15) is 0 Å². The van der Waals surface area contributed by atoms with Crippen molar-refractivity contribution < 1.29 is 4.79 Å². The number of nitrogens with one attached hydrogen (secondary N) is 1. The van der Waals surface area contributed by atoms with E-state index in [1.165, 1.54) is 11.3 Å². The maximum absolute atomic E-state index is 12.3. The molecular weight excluding hydrogens is 376 g/mol. The Hall–Kier alpha value is -2.07. The summed E-state index contributed by atoms with van der Waals surface area (Å²) < 4.78 is 1.05. The number of hydrogen-bond donors (Lipinski definition) is 1. The summed E-state index contributed by atoms with van der Waals surface area (Å²) >= 11 is 3.52. The number of rotatable bonds is 2. The smallest absolute Gasteiger partial charge is 0.223 e. The molecule has 128 valence electrons. The maximum atomic E-state index is 12.3. The Morgan fingerprint density at radius 2 is 1.96 bits per heavy atom. The molecule has 25 heavy (non-hydrogen) atoms. The molecule has 0 aliphatic carbocycles. The summed E-state index contributed by atoms with van der Waals surface area (Å²) in [6.07, 6.45) is 4.79. The summed E-state index contributed by atoms with van der Waals surface area (Å²) in [5.41, 5.74) is 2.81. The molecule has 2 heterocycles. The number of nitrogens with zero attached hydrogens (tertiary/aromatic N) is 1. The first-order valence-corrected chi connectivity index (χ1v) is 9.36. The zero-order chi connectivity index (χ0) is 17.7. The molecule has 0 spiro atoms. The third kappa shape index (κ3) is 2.43. The Kier molecular flexibility index (Phi) is 3.76. The minimum atomic E-state index is -0.547. The molecular formula is C21H21BrN2O.